The van der Waals surface area contributed by atoms with Crippen LogP contribution in [-0.2, 0) is 6.54 Å². The van der Waals surface area contributed by atoms with Gasteiger partial charge in [-0.05, 0) is 44.7 Å². The standard InChI is InChI=1S/C21H27N3O/c1-15-12-20(16(2)24(15)13-17-6-4-3-5-7-17)21(25)23-11-10-18-8-9-19(14-23)22-18/h3-7,12,18-19,22H,8-11,13-14H2,1-2H3. The summed E-state index contributed by atoms with van der Waals surface area (Å²) in [6.07, 6.45) is 3.53. The van der Waals surface area contributed by atoms with Crippen molar-refractivity contribution in [3.63, 3.8) is 0 Å². The Kier molecular flexibility index (Phi) is 4.38. The van der Waals surface area contributed by atoms with E-state index >= 15 is 0 Å². The van der Waals surface area contributed by atoms with Crippen molar-refractivity contribution < 1.29 is 4.79 Å². The fraction of sp³-hybridized carbons (Fsp3) is 0.476. The van der Waals surface area contributed by atoms with E-state index in [2.05, 4.69) is 59.0 Å². The van der Waals surface area contributed by atoms with Gasteiger partial charge in [0.2, 0.25) is 0 Å². The largest absolute Gasteiger partial charge is 0.344 e. The Labute approximate surface area is 149 Å². The zero-order valence-corrected chi connectivity index (χ0v) is 15.2. The van der Waals surface area contributed by atoms with Crippen molar-refractivity contribution in [1.82, 2.24) is 14.8 Å². The van der Waals surface area contributed by atoms with E-state index in [4.69, 9.17) is 0 Å². The van der Waals surface area contributed by atoms with Crippen LogP contribution in [0.15, 0.2) is 36.4 Å². The van der Waals surface area contributed by atoms with Crippen LogP contribution in [0.3, 0.4) is 0 Å². The maximum Gasteiger partial charge on any atom is 0.255 e. The molecule has 2 aromatic rings. The average molecular weight is 337 g/mol. The van der Waals surface area contributed by atoms with E-state index in [1.54, 1.807) is 0 Å². The van der Waals surface area contributed by atoms with E-state index < -0.39 is 0 Å². The number of carbonyl (C=O) groups is 1. The summed E-state index contributed by atoms with van der Waals surface area (Å²) in [5, 5.41) is 3.65. The van der Waals surface area contributed by atoms with Crippen molar-refractivity contribution in [1.29, 1.82) is 0 Å². The molecule has 4 heteroatoms. The summed E-state index contributed by atoms with van der Waals surface area (Å²) < 4.78 is 2.25. The van der Waals surface area contributed by atoms with Gasteiger partial charge in [-0.3, -0.25) is 4.79 Å². The lowest BCUT2D eigenvalue weighted by atomic mass is 10.1. The minimum atomic E-state index is 0.196. The molecule has 3 heterocycles. The highest BCUT2D eigenvalue weighted by Crippen LogP contribution is 2.24. The SMILES string of the molecule is Cc1cc(C(=O)N2CCC3CCC(C2)N3)c(C)n1Cc1ccccc1. The number of nitrogens with one attached hydrogen (secondary N) is 1. The minimum Gasteiger partial charge on any atom is -0.344 e. The van der Waals surface area contributed by atoms with Gasteiger partial charge in [-0.25, -0.2) is 0 Å². The van der Waals surface area contributed by atoms with Gasteiger partial charge in [0.15, 0.2) is 0 Å². The van der Waals surface area contributed by atoms with Crippen LogP contribution >= 0.6 is 0 Å². The predicted molar refractivity (Wildman–Crippen MR) is 99.9 cm³/mol. The Balaban J connectivity index is 1.56. The van der Waals surface area contributed by atoms with E-state index in [1.807, 2.05) is 6.07 Å². The first-order valence-electron chi connectivity index (χ1n) is 9.38. The van der Waals surface area contributed by atoms with Crippen LogP contribution in [0.25, 0.3) is 0 Å². The Morgan fingerprint density at radius 1 is 1.12 bits per heavy atom. The van der Waals surface area contributed by atoms with Crippen molar-refractivity contribution in [2.75, 3.05) is 13.1 Å². The summed E-state index contributed by atoms with van der Waals surface area (Å²) in [6.45, 7) is 6.70. The number of nitrogens with zero attached hydrogens (tertiary/aromatic N) is 2. The molecule has 1 N–H and O–H groups in total. The number of benzene rings is 1. The molecule has 2 atom stereocenters. The van der Waals surface area contributed by atoms with Gasteiger partial charge in [0.05, 0.1) is 5.56 Å². The van der Waals surface area contributed by atoms with E-state index in [0.717, 1.165) is 43.0 Å². The van der Waals surface area contributed by atoms with Gasteiger partial charge in [0, 0.05) is 43.1 Å². The number of rotatable bonds is 3. The molecule has 0 spiro atoms. The van der Waals surface area contributed by atoms with Gasteiger partial charge in [-0.2, -0.15) is 0 Å². The fourth-order valence-electron chi connectivity index (χ4n) is 4.32. The first-order chi connectivity index (χ1) is 12.1. The molecule has 0 aliphatic carbocycles. The third kappa shape index (κ3) is 3.23. The van der Waals surface area contributed by atoms with Gasteiger partial charge in [0.1, 0.15) is 0 Å². The molecule has 2 bridgehead atoms. The predicted octanol–water partition coefficient (Wildman–Crippen LogP) is 3.12. The van der Waals surface area contributed by atoms with Crippen LogP contribution < -0.4 is 5.32 Å². The van der Waals surface area contributed by atoms with Crippen LogP contribution in [0.5, 0.6) is 0 Å². The van der Waals surface area contributed by atoms with Crippen molar-refractivity contribution in [2.45, 2.75) is 51.7 Å². The molecule has 1 aromatic heterocycles. The van der Waals surface area contributed by atoms with Gasteiger partial charge in [0.25, 0.3) is 5.91 Å². The lowest BCUT2D eigenvalue weighted by molar-refractivity contribution is 0.0747. The van der Waals surface area contributed by atoms with E-state index in [0.29, 0.717) is 12.1 Å². The third-order valence-electron chi connectivity index (χ3n) is 5.80. The monoisotopic (exact) mass is 337 g/mol. The Hall–Kier alpha value is -2.07. The molecule has 0 radical (unpaired) electrons. The van der Waals surface area contributed by atoms with Gasteiger partial charge in [-0.1, -0.05) is 30.3 Å². The topological polar surface area (TPSA) is 37.3 Å². The number of hydrogen-bond acceptors (Lipinski definition) is 2. The number of aromatic nitrogens is 1. The van der Waals surface area contributed by atoms with Crippen LogP contribution in [-0.4, -0.2) is 40.5 Å². The molecule has 0 saturated carbocycles. The minimum absolute atomic E-state index is 0.196. The van der Waals surface area contributed by atoms with Crippen LogP contribution in [0.1, 0.15) is 46.6 Å². The van der Waals surface area contributed by atoms with E-state index in [9.17, 15) is 4.79 Å². The number of fused-ring (bicyclic) bond motifs is 2. The summed E-state index contributed by atoms with van der Waals surface area (Å²) in [5.41, 5.74) is 4.36. The number of carbonyl (C=O) groups excluding carboxylic acids is 1. The molecule has 2 aliphatic heterocycles. The number of aryl methyl sites for hydroxylation is 1. The second-order valence-corrected chi connectivity index (χ2v) is 7.53. The molecule has 2 aliphatic rings. The molecule has 4 rings (SSSR count). The average Bonchev–Trinajstić information content (AvgIpc) is 3.08. The second-order valence-electron chi connectivity index (χ2n) is 7.53. The molecule has 2 fully saturated rings. The molecule has 4 nitrogen and oxygen atoms in total. The molecular formula is C21H27N3O. The van der Waals surface area contributed by atoms with Crippen molar-refractivity contribution in [2.24, 2.45) is 0 Å². The zero-order valence-electron chi connectivity index (χ0n) is 15.2. The summed E-state index contributed by atoms with van der Waals surface area (Å²) in [6, 6.07) is 13.6. The first kappa shape index (κ1) is 16.4. The molecule has 1 amide bonds. The maximum atomic E-state index is 13.2. The fourth-order valence-corrected chi connectivity index (χ4v) is 4.32. The van der Waals surface area contributed by atoms with Gasteiger partial charge in [-0.15, -0.1) is 0 Å². The molecule has 2 saturated heterocycles. The lowest BCUT2D eigenvalue weighted by Gasteiger charge is -2.24. The van der Waals surface area contributed by atoms with E-state index in [1.165, 1.54) is 18.4 Å². The number of hydrogen-bond donors (Lipinski definition) is 1. The Morgan fingerprint density at radius 2 is 1.88 bits per heavy atom. The van der Waals surface area contributed by atoms with Crippen LogP contribution in [0, 0.1) is 13.8 Å². The normalized spacial score (nSPS) is 22.9. The van der Waals surface area contributed by atoms with Crippen LogP contribution in [0.4, 0.5) is 0 Å². The quantitative estimate of drug-likeness (QED) is 0.934. The summed E-state index contributed by atoms with van der Waals surface area (Å²) >= 11 is 0. The molecule has 1 aromatic carbocycles. The number of amides is 1. The van der Waals surface area contributed by atoms with Gasteiger partial charge >= 0.3 is 0 Å². The van der Waals surface area contributed by atoms with Crippen LogP contribution in [0.2, 0.25) is 0 Å². The molecular weight excluding hydrogens is 310 g/mol. The maximum absolute atomic E-state index is 13.2. The third-order valence-corrected chi connectivity index (χ3v) is 5.80. The molecule has 25 heavy (non-hydrogen) atoms. The van der Waals surface area contributed by atoms with Crippen molar-refractivity contribution in [3.8, 4) is 0 Å². The zero-order chi connectivity index (χ0) is 17.4. The summed E-state index contributed by atoms with van der Waals surface area (Å²) in [7, 11) is 0. The summed E-state index contributed by atoms with van der Waals surface area (Å²) in [5.74, 6) is 0.196. The summed E-state index contributed by atoms with van der Waals surface area (Å²) in [4.78, 5) is 15.2. The van der Waals surface area contributed by atoms with Crippen molar-refractivity contribution >= 4 is 5.91 Å². The van der Waals surface area contributed by atoms with Crippen molar-refractivity contribution in [3.05, 3.63) is 58.9 Å². The number of likely N-dealkylation sites (tertiary alicyclic amines) is 1. The highest BCUT2D eigenvalue weighted by molar-refractivity contribution is 5.95. The van der Waals surface area contributed by atoms with E-state index in [-0.39, 0.29) is 5.91 Å². The molecule has 2 unspecified atom stereocenters. The second kappa shape index (κ2) is 6.68. The first-order valence-corrected chi connectivity index (χ1v) is 9.38. The highest BCUT2D eigenvalue weighted by atomic mass is 16.2. The Morgan fingerprint density at radius 3 is 2.68 bits per heavy atom. The molecule has 132 valence electrons. The van der Waals surface area contributed by atoms with Gasteiger partial charge < -0.3 is 14.8 Å². The Bertz CT molecular complexity index is 765. The smallest absolute Gasteiger partial charge is 0.255 e. The highest BCUT2D eigenvalue weighted by Gasteiger charge is 2.32. The lowest BCUT2D eigenvalue weighted by Crippen LogP contribution is -2.39.